The number of methoxy groups -OCH3 is 1. The minimum atomic E-state index is -3.78. The summed E-state index contributed by atoms with van der Waals surface area (Å²) in [5.74, 6) is -0.570. The summed E-state index contributed by atoms with van der Waals surface area (Å²) in [6.45, 7) is 0.311. The van der Waals surface area contributed by atoms with E-state index in [2.05, 4.69) is 4.72 Å². The van der Waals surface area contributed by atoms with Gasteiger partial charge in [0.05, 0.1) is 17.2 Å². The van der Waals surface area contributed by atoms with Crippen LogP contribution < -0.4 is 4.72 Å². The Morgan fingerprint density at radius 3 is 2.63 bits per heavy atom. The summed E-state index contributed by atoms with van der Waals surface area (Å²) >= 11 is 5.79. The molecule has 1 N–H and O–H groups in total. The molecule has 1 aromatic rings. The van der Waals surface area contributed by atoms with E-state index in [0.29, 0.717) is 6.61 Å². The van der Waals surface area contributed by atoms with Crippen LogP contribution in [0.4, 0.5) is 4.39 Å². The first kappa shape index (κ1) is 14.7. The molecule has 0 radical (unpaired) electrons. The van der Waals surface area contributed by atoms with Crippen LogP contribution in [0, 0.1) is 5.82 Å². The van der Waals surface area contributed by atoms with Crippen molar-refractivity contribution in [2.75, 3.05) is 13.7 Å². The third-order valence-corrected chi connectivity index (χ3v) is 5.33. The topological polar surface area (TPSA) is 55.4 Å². The van der Waals surface area contributed by atoms with Crippen molar-refractivity contribution in [3.8, 4) is 0 Å². The van der Waals surface area contributed by atoms with Gasteiger partial charge in [0.1, 0.15) is 10.7 Å². The zero-order chi connectivity index (χ0) is 14.1. The van der Waals surface area contributed by atoms with Crippen molar-refractivity contribution in [2.45, 2.75) is 29.7 Å². The molecule has 4 nitrogen and oxygen atoms in total. The molecule has 106 valence electrons. The molecule has 0 unspecified atom stereocenters. The van der Waals surface area contributed by atoms with Gasteiger partial charge in [-0.25, -0.2) is 17.5 Å². The number of rotatable bonds is 5. The second-order valence-corrected chi connectivity index (χ2v) is 6.81. The van der Waals surface area contributed by atoms with Crippen molar-refractivity contribution in [2.24, 2.45) is 0 Å². The van der Waals surface area contributed by atoms with E-state index >= 15 is 0 Å². The summed E-state index contributed by atoms with van der Waals surface area (Å²) in [5.41, 5.74) is -0.564. The summed E-state index contributed by atoms with van der Waals surface area (Å²) in [4.78, 5) is -0.113. The molecule has 0 amide bonds. The van der Waals surface area contributed by atoms with Gasteiger partial charge in [0, 0.05) is 7.11 Å². The lowest BCUT2D eigenvalue weighted by atomic mass is 9.78. The van der Waals surface area contributed by atoms with Crippen LogP contribution >= 0.6 is 11.6 Å². The minimum Gasteiger partial charge on any atom is -0.383 e. The molecule has 0 atom stereocenters. The molecule has 1 fully saturated rings. The van der Waals surface area contributed by atoms with Crippen LogP contribution in [-0.2, 0) is 14.8 Å². The summed E-state index contributed by atoms with van der Waals surface area (Å²) in [7, 11) is -2.25. The monoisotopic (exact) mass is 307 g/mol. The van der Waals surface area contributed by atoms with Gasteiger partial charge in [-0.15, -0.1) is 0 Å². The van der Waals surface area contributed by atoms with E-state index in [1.165, 1.54) is 13.2 Å². The number of benzene rings is 1. The molecule has 1 saturated carbocycles. The van der Waals surface area contributed by atoms with Gasteiger partial charge in [0.2, 0.25) is 10.0 Å². The lowest BCUT2D eigenvalue weighted by Crippen LogP contribution is -2.56. The Morgan fingerprint density at radius 2 is 2.16 bits per heavy atom. The highest BCUT2D eigenvalue weighted by molar-refractivity contribution is 7.89. The van der Waals surface area contributed by atoms with Gasteiger partial charge < -0.3 is 4.74 Å². The molecular weight excluding hydrogens is 293 g/mol. The number of hydrogen-bond acceptors (Lipinski definition) is 3. The Morgan fingerprint density at radius 1 is 1.47 bits per heavy atom. The molecule has 0 saturated heterocycles. The van der Waals surface area contributed by atoms with Crippen LogP contribution in [0.1, 0.15) is 19.3 Å². The maximum atomic E-state index is 13.0. The third-order valence-electron chi connectivity index (χ3n) is 3.27. The Kier molecular flexibility index (Phi) is 4.15. The number of nitrogens with one attached hydrogen (secondary N) is 1. The fourth-order valence-electron chi connectivity index (χ4n) is 2.19. The maximum Gasteiger partial charge on any atom is 0.242 e. The molecule has 7 heteroatoms. The number of sulfonamides is 1. The summed E-state index contributed by atoms with van der Waals surface area (Å²) in [5, 5.41) is -0.126. The smallest absolute Gasteiger partial charge is 0.242 e. The van der Waals surface area contributed by atoms with Crippen LogP contribution in [0.25, 0.3) is 0 Å². The lowest BCUT2D eigenvalue weighted by Gasteiger charge is -2.41. The fourth-order valence-corrected chi connectivity index (χ4v) is 4.17. The predicted molar refractivity (Wildman–Crippen MR) is 70.2 cm³/mol. The highest BCUT2D eigenvalue weighted by Crippen LogP contribution is 2.34. The molecule has 2 rings (SSSR count). The number of halogens is 2. The molecule has 1 aliphatic rings. The van der Waals surface area contributed by atoms with E-state index in [1.807, 2.05) is 0 Å². The highest BCUT2D eigenvalue weighted by Gasteiger charge is 2.41. The lowest BCUT2D eigenvalue weighted by molar-refractivity contribution is 0.0729. The van der Waals surface area contributed by atoms with Gasteiger partial charge in [0.25, 0.3) is 0 Å². The van der Waals surface area contributed by atoms with Crippen LogP contribution in [0.3, 0.4) is 0 Å². The largest absolute Gasteiger partial charge is 0.383 e. The van der Waals surface area contributed by atoms with E-state index in [-0.39, 0.29) is 9.92 Å². The van der Waals surface area contributed by atoms with Crippen molar-refractivity contribution in [3.05, 3.63) is 29.0 Å². The molecular formula is C12H15ClFNO3S. The number of ether oxygens (including phenoxy) is 1. The molecule has 0 aliphatic heterocycles. The maximum absolute atomic E-state index is 13.0. The zero-order valence-electron chi connectivity index (χ0n) is 10.4. The Labute approximate surface area is 117 Å². The fraction of sp³-hybridized carbons (Fsp3) is 0.500. The molecule has 1 aliphatic carbocycles. The molecule has 19 heavy (non-hydrogen) atoms. The Hall–Kier alpha value is -0.690. The predicted octanol–water partition coefficient (Wildman–Crippen LogP) is 2.33. The quantitative estimate of drug-likeness (QED) is 0.908. The molecule has 0 aromatic heterocycles. The standard InChI is InChI=1S/C12H15ClFNO3S/c1-18-8-12(5-2-6-12)15-19(16,17)11-4-3-9(14)7-10(11)13/h3-4,7,15H,2,5-6,8H2,1H3. The van der Waals surface area contributed by atoms with E-state index in [1.54, 1.807) is 0 Å². The van der Waals surface area contributed by atoms with Crippen LogP contribution in [0.5, 0.6) is 0 Å². The Balaban J connectivity index is 2.27. The molecule has 0 spiro atoms. The van der Waals surface area contributed by atoms with E-state index < -0.39 is 21.4 Å². The summed E-state index contributed by atoms with van der Waals surface area (Å²) in [6.07, 6.45) is 2.39. The van der Waals surface area contributed by atoms with E-state index in [9.17, 15) is 12.8 Å². The third kappa shape index (κ3) is 3.08. The first-order valence-corrected chi connectivity index (χ1v) is 7.73. The van der Waals surface area contributed by atoms with Gasteiger partial charge in [0.15, 0.2) is 0 Å². The Bertz CT molecular complexity index is 572. The molecule has 1 aromatic carbocycles. The molecule has 0 bridgehead atoms. The second-order valence-electron chi connectivity index (χ2n) is 4.75. The SMILES string of the molecule is COCC1(NS(=O)(=O)c2ccc(F)cc2Cl)CCC1. The second kappa shape index (κ2) is 5.36. The minimum absolute atomic E-state index is 0.113. The average molecular weight is 308 g/mol. The van der Waals surface area contributed by atoms with Crippen LogP contribution in [-0.4, -0.2) is 27.7 Å². The normalized spacial score (nSPS) is 18.1. The van der Waals surface area contributed by atoms with Gasteiger partial charge in [-0.1, -0.05) is 11.6 Å². The van der Waals surface area contributed by atoms with E-state index in [4.69, 9.17) is 16.3 Å². The first-order chi connectivity index (χ1) is 8.88. The van der Waals surface area contributed by atoms with Crippen molar-refractivity contribution in [1.82, 2.24) is 4.72 Å². The van der Waals surface area contributed by atoms with Gasteiger partial charge in [-0.3, -0.25) is 0 Å². The van der Waals surface area contributed by atoms with Gasteiger partial charge in [-0.05, 0) is 37.5 Å². The summed E-state index contributed by atoms with van der Waals surface area (Å²) < 4.78 is 45.2. The first-order valence-electron chi connectivity index (χ1n) is 5.87. The van der Waals surface area contributed by atoms with Gasteiger partial charge in [-0.2, -0.15) is 0 Å². The highest BCUT2D eigenvalue weighted by atomic mass is 35.5. The van der Waals surface area contributed by atoms with Crippen molar-refractivity contribution < 1.29 is 17.5 Å². The van der Waals surface area contributed by atoms with Crippen molar-refractivity contribution in [3.63, 3.8) is 0 Å². The van der Waals surface area contributed by atoms with E-state index in [0.717, 1.165) is 31.4 Å². The van der Waals surface area contributed by atoms with Crippen LogP contribution in [0.15, 0.2) is 23.1 Å². The van der Waals surface area contributed by atoms with Crippen molar-refractivity contribution in [1.29, 1.82) is 0 Å². The zero-order valence-corrected chi connectivity index (χ0v) is 12.0. The van der Waals surface area contributed by atoms with Crippen LogP contribution in [0.2, 0.25) is 5.02 Å². The van der Waals surface area contributed by atoms with Crippen molar-refractivity contribution >= 4 is 21.6 Å². The summed E-state index contributed by atoms with van der Waals surface area (Å²) in [6, 6.07) is 3.23. The molecule has 0 heterocycles. The number of hydrogen-bond donors (Lipinski definition) is 1. The van der Waals surface area contributed by atoms with Gasteiger partial charge >= 0.3 is 0 Å². The average Bonchev–Trinajstić information content (AvgIpc) is 2.25.